The number of nitrogens with one attached hydrogen (secondary N) is 1. The third-order valence-corrected chi connectivity index (χ3v) is 4.88. The summed E-state index contributed by atoms with van der Waals surface area (Å²) >= 11 is 0. The molecule has 2 fully saturated rings. The van der Waals surface area contributed by atoms with Crippen molar-refractivity contribution in [2.24, 2.45) is 5.92 Å². The van der Waals surface area contributed by atoms with E-state index >= 15 is 0 Å². The monoisotopic (exact) mass is 283 g/mol. The van der Waals surface area contributed by atoms with Crippen molar-refractivity contribution in [2.75, 3.05) is 0 Å². The van der Waals surface area contributed by atoms with Gasteiger partial charge in [-0.2, -0.15) is 0 Å². The van der Waals surface area contributed by atoms with E-state index in [1.807, 2.05) is 6.08 Å². The molecule has 0 amide bonds. The number of hydrogen-bond donors (Lipinski definition) is 2. The van der Waals surface area contributed by atoms with E-state index in [0.29, 0.717) is 6.04 Å². The van der Waals surface area contributed by atoms with Crippen LogP contribution in [-0.4, -0.2) is 22.8 Å². The van der Waals surface area contributed by atoms with E-state index in [2.05, 4.69) is 23.2 Å². The number of piperidine rings is 1. The number of rotatable bonds is 3. The Bertz CT molecular complexity index is 475. The predicted octanol–water partition coefficient (Wildman–Crippen LogP) is 2.80. The number of terminal acetylenes is 2. The van der Waals surface area contributed by atoms with Gasteiger partial charge in [-0.1, -0.05) is 30.4 Å². The first-order chi connectivity index (χ1) is 10.2. The zero-order valence-electron chi connectivity index (χ0n) is 12.6. The van der Waals surface area contributed by atoms with Crippen molar-refractivity contribution in [3.8, 4) is 24.7 Å². The van der Waals surface area contributed by atoms with E-state index in [-0.39, 0.29) is 17.6 Å². The Morgan fingerprint density at radius 1 is 1.14 bits per heavy atom. The third kappa shape index (κ3) is 3.79. The van der Waals surface area contributed by atoms with Crippen LogP contribution in [0, 0.1) is 30.6 Å². The van der Waals surface area contributed by atoms with Crippen molar-refractivity contribution in [2.45, 2.75) is 62.6 Å². The molecule has 1 heterocycles. The van der Waals surface area contributed by atoms with Gasteiger partial charge in [-0.05, 0) is 50.7 Å². The average Bonchev–Trinajstić information content (AvgIpc) is 2.47. The number of allylic oxidation sites excluding steroid dienone is 2. The highest BCUT2D eigenvalue weighted by atomic mass is 16.3. The summed E-state index contributed by atoms with van der Waals surface area (Å²) in [6.45, 7) is 0. The summed E-state index contributed by atoms with van der Waals surface area (Å²) < 4.78 is 0. The first-order valence-corrected chi connectivity index (χ1v) is 7.91. The van der Waals surface area contributed by atoms with Gasteiger partial charge in [0.05, 0.1) is 6.10 Å². The van der Waals surface area contributed by atoms with Crippen molar-refractivity contribution >= 4 is 0 Å². The zero-order valence-corrected chi connectivity index (χ0v) is 12.6. The second kappa shape index (κ2) is 7.51. The van der Waals surface area contributed by atoms with E-state index in [0.717, 1.165) is 32.1 Å². The molecule has 2 heteroatoms. The van der Waals surface area contributed by atoms with Crippen molar-refractivity contribution in [1.82, 2.24) is 5.32 Å². The molecule has 21 heavy (non-hydrogen) atoms. The van der Waals surface area contributed by atoms with Gasteiger partial charge in [-0.25, -0.2) is 0 Å². The number of aliphatic hydroxyl groups is 1. The molecule has 0 aromatic carbocycles. The molecule has 0 unspecified atom stereocenters. The normalized spacial score (nSPS) is 36.8. The smallest absolute Gasteiger partial charge is 0.0620 e. The molecule has 1 spiro atoms. The fourth-order valence-corrected chi connectivity index (χ4v) is 3.96. The molecule has 1 aliphatic carbocycles. The number of hydrogen-bond acceptors (Lipinski definition) is 2. The van der Waals surface area contributed by atoms with E-state index in [4.69, 9.17) is 12.8 Å². The third-order valence-electron chi connectivity index (χ3n) is 4.88. The highest BCUT2D eigenvalue weighted by Gasteiger charge is 2.45. The van der Waals surface area contributed by atoms with Crippen LogP contribution in [0.1, 0.15) is 44.9 Å². The van der Waals surface area contributed by atoms with Crippen LogP contribution in [0.5, 0.6) is 0 Å². The van der Waals surface area contributed by atoms with Crippen molar-refractivity contribution in [3.63, 3.8) is 0 Å². The van der Waals surface area contributed by atoms with Gasteiger partial charge in [0, 0.05) is 17.5 Å². The molecule has 2 nitrogen and oxygen atoms in total. The molecule has 112 valence electrons. The lowest BCUT2D eigenvalue weighted by molar-refractivity contribution is 0.00394. The molecule has 0 radical (unpaired) electrons. The van der Waals surface area contributed by atoms with Gasteiger partial charge < -0.3 is 10.4 Å². The first-order valence-electron chi connectivity index (χ1n) is 7.91. The molecule has 4 atom stereocenters. The molecule has 2 N–H and O–H groups in total. The van der Waals surface area contributed by atoms with Gasteiger partial charge >= 0.3 is 0 Å². The molecule has 0 aromatic heterocycles. The minimum atomic E-state index is -0.296. The highest BCUT2D eigenvalue weighted by Crippen LogP contribution is 2.41. The van der Waals surface area contributed by atoms with Gasteiger partial charge in [-0.15, -0.1) is 12.8 Å². The summed E-state index contributed by atoms with van der Waals surface area (Å²) in [4.78, 5) is 0. The Balaban J connectivity index is 2.13. The Hall–Kier alpha value is -1.48. The molecule has 1 saturated carbocycles. The van der Waals surface area contributed by atoms with E-state index in [1.165, 1.54) is 12.8 Å². The fourth-order valence-electron chi connectivity index (χ4n) is 3.96. The van der Waals surface area contributed by atoms with Gasteiger partial charge in [0.2, 0.25) is 0 Å². The summed E-state index contributed by atoms with van der Waals surface area (Å²) in [6.07, 6.45) is 25.4. The van der Waals surface area contributed by atoms with Crippen LogP contribution in [-0.2, 0) is 0 Å². The maximum Gasteiger partial charge on any atom is 0.0620 e. The zero-order chi connectivity index (χ0) is 15.1. The second-order valence-electron chi connectivity index (χ2n) is 6.21. The summed E-state index contributed by atoms with van der Waals surface area (Å²) in [6, 6.07) is 0.440. The maximum absolute atomic E-state index is 10.4. The van der Waals surface area contributed by atoms with Gasteiger partial charge in [0.1, 0.15) is 0 Å². The summed E-state index contributed by atoms with van der Waals surface area (Å²) in [7, 11) is 0. The highest BCUT2D eigenvalue weighted by molar-refractivity contribution is 5.18. The minimum absolute atomic E-state index is 0.00207. The summed E-state index contributed by atoms with van der Waals surface area (Å²) in [5.41, 5.74) is -0.00207. The van der Waals surface area contributed by atoms with Crippen LogP contribution in [0.25, 0.3) is 0 Å². The number of aliphatic hydroxyl groups excluding tert-OH is 1. The Morgan fingerprint density at radius 3 is 2.57 bits per heavy atom. The van der Waals surface area contributed by atoms with Crippen LogP contribution in [0.4, 0.5) is 0 Å². The summed E-state index contributed by atoms with van der Waals surface area (Å²) in [5.74, 6) is 5.21. The summed E-state index contributed by atoms with van der Waals surface area (Å²) in [5, 5.41) is 14.2. The molecular weight excluding hydrogens is 258 g/mol. The topological polar surface area (TPSA) is 32.3 Å². The Morgan fingerprint density at radius 2 is 1.86 bits per heavy atom. The van der Waals surface area contributed by atoms with Crippen LogP contribution in [0.3, 0.4) is 0 Å². The quantitative estimate of drug-likeness (QED) is 0.781. The molecular formula is C19H25NO. The van der Waals surface area contributed by atoms with Crippen LogP contribution in [0.2, 0.25) is 0 Å². The first kappa shape index (κ1) is 15.9. The maximum atomic E-state index is 10.4. The fraction of sp³-hybridized carbons (Fsp3) is 0.579. The van der Waals surface area contributed by atoms with Gasteiger partial charge in [0.25, 0.3) is 0 Å². The van der Waals surface area contributed by atoms with Crippen LogP contribution < -0.4 is 5.32 Å². The van der Waals surface area contributed by atoms with Crippen molar-refractivity contribution in [3.05, 3.63) is 24.3 Å². The van der Waals surface area contributed by atoms with Crippen molar-refractivity contribution < 1.29 is 5.11 Å². The van der Waals surface area contributed by atoms with Crippen molar-refractivity contribution in [1.29, 1.82) is 0 Å². The molecule has 0 aromatic rings. The lowest BCUT2D eigenvalue weighted by Gasteiger charge is -2.51. The minimum Gasteiger partial charge on any atom is -0.392 e. The lowest BCUT2D eigenvalue weighted by Crippen LogP contribution is -2.61. The molecule has 2 rings (SSSR count). The standard InChI is InChI=1S/C19H25NO/c1-3-5-7-10-16-11-8-14-19(20-16)15-9-13-18(21)17(19)12-6-4-2/h1-2,5-7,12,16-18,20-21H,8-11,13-15H2/t16-,17-,18+,19-/m1/s1. The Labute approximate surface area is 128 Å². The van der Waals surface area contributed by atoms with Gasteiger partial charge in [0.15, 0.2) is 0 Å². The Kier molecular flexibility index (Phi) is 5.68. The molecule has 1 saturated heterocycles. The van der Waals surface area contributed by atoms with E-state index in [1.54, 1.807) is 12.2 Å². The van der Waals surface area contributed by atoms with E-state index in [9.17, 15) is 5.11 Å². The lowest BCUT2D eigenvalue weighted by atomic mass is 9.66. The predicted molar refractivity (Wildman–Crippen MR) is 87.4 cm³/mol. The molecule has 1 aliphatic heterocycles. The second-order valence-corrected chi connectivity index (χ2v) is 6.21. The van der Waals surface area contributed by atoms with Crippen LogP contribution in [0.15, 0.2) is 24.3 Å². The SMILES string of the molecule is C#CC=CC[C@@H]1CCC[C@]2(CCC[C@H](O)[C@H]2C=CC#C)N1. The largest absolute Gasteiger partial charge is 0.392 e. The van der Waals surface area contributed by atoms with Crippen LogP contribution >= 0.6 is 0 Å². The van der Waals surface area contributed by atoms with E-state index < -0.39 is 0 Å². The van der Waals surface area contributed by atoms with Gasteiger partial charge in [-0.3, -0.25) is 0 Å². The molecule has 0 bridgehead atoms. The average molecular weight is 283 g/mol. The molecule has 2 aliphatic rings.